The zero-order valence-electron chi connectivity index (χ0n) is 10.5. The maximum Gasteiger partial charge on any atom is 0.298 e. The molecule has 4 heteroatoms. The molecule has 0 saturated carbocycles. The van der Waals surface area contributed by atoms with Gasteiger partial charge in [-0.2, -0.15) is 4.98 Å². The number of hydrogen-bond acceptors (Lipinski definition) is 4. The largest absolute Gasteiger partial charge is 0.423 e. The van der Waals surface area contributed by atoms with Crippen LogP contribution in [0.1, 0.15) is 19.3 Å². The second-order valence-electron chi connectivity index (χ2n) is 5.00. The minimum atomic E-state index is 0.679. The van der Waals surface area contributed by atoms with Crippen molar-refractivity contribution in [2.75, 3.05) is 24.5 Å². The molecule has 2 N–H and O–H groups in total. The van der Waals surface area contributed by atoms with E-state index in [2.05, 4.69) is 9.88 Å². The molecular weight excluding hydrogens is 226 g/mol. The summed E-state index contributed by atoms with van der Waals surface area (Å²) in [6, 6.07) is 8.68. The lowest BCUT2D eigenvalue weighted by Crippen LogP contribution is -2.36. The van der Waals surface area contributed by atoms with Crippen LogP contribution in [0.5, 0.6) is 0 Å². The van der Waals surface area contributed by atoms with Gasteiger partial charge in [-0.15, -0.1) is 0 Å². The third-order valence-electron chi connectivity index (χ3n) is 3.65. The summed E-state index contributed by atoms with van der Waals surface area (Å²) in [7, 11) is 0. The van der Waals surface area contributed by atoms with Crippen molar-refractivity contribution in [2.45, 2.75) is 19.3 Å². The number of fused-ring (bicyclic) bond motifs is 1. The summed E-state index contributed by atoms with van der Waals surface area (Å²) >= 11 is 0. The molecule has 0 amide bonds. The Bertz CT molecular complexity index is 487. The van der Waals surface area contributed by atoms with Gasteiger partial charge in [-0.1, -0.05) is 12.1 Å². The maximum atomic E-state index is 5.82. The van der Waals surface area contributed by atoms with Gasteiger partial charge >= 0.3 is 0 Å². The quantitative estimate of drug-likeness (QED) is 0.902. The number of para-hydroxylation sites is 2. The van der Waals surface area contributed by atoms with E-state index in [-0.39, 0.29) is 0 Å². The second-order valence-corrected chi connectivity index (χ2v) is 5.00. The van der Waals surface area contributed by atoms with Crippen LogP contribution < -0.4 is 10.6 Å². The van der Waals surface area contributed by atoms with E-state index >= 15 is 0 Å². The summed E-state index contributed by atoms with van der Waals surface area (Å²) < 4.78 is 5.82. The zero-order valence-corrected chi connectivity index (χ0v) is 10.5. The van der Waals surface area contributed by atoms with E-state index in [0.717, 1.165) is 43.2 Å². The van der Waals surface area contributed by atoms with E-state index in [1.165, 1.54) is 12.8 Å². The molecule has 2 aromatic rings. The van der Waals surface area contributed by atoms with Crippen molar-refractivity contribution in [1.82, 2.24) is 4.98 Å². The first-order valence-corrected chi connectivity index (χ1v) is 6.67. The van der Waals surface area contributed by atoms with Crippen LogP contribution in [0.4, 0.5) is 6.01 Å². The van der Waals surface area contributed by atoms with E-state index in [9.17, 15) is 0 Å². The van der Waals surface area contributed by atoms with Crippen molar-refractivity contribution < 1.29 is 4.42 Å². The normalized spacial score (nSPS) is 20.5. The molecule has 0 unspecified atom stereocenters. The van der Waals surface area contributed by atoms with Crippen molar-refractivity contribution >= 4 is 17.1 Å². The molecule has 1 saturated heterocycles. The zero-order chi connectivity index (χ0) is 12.4. The van der Waals surface area contributed by atoms with Crippen LogP contribution in [0.15, 0.2) is 28.7 Å². The van der Waals surface area contributed by atoms with Crippen LogP contribution in [0.25, 0.3) is 11.1 Å². The topological polar surface area (TPSA) is 55.3 Å². The van der Waals surface area contributed by atoms with E-state index in [1.54, 1.807) is 0 Å². The van der Waals surface area contributed by atoms with E-state index < -0.39 is 0 Å². The summed E-state index contributed by atoms with van der Waals surface area (Å²) in [5.41, 5.74) is 7.45. The summed E-state index contributed by atoms with van der Waals surface area (Å²) in [5.74, 6) is 0.679. The molecule has 0 radical (unpaired) electrons. The van der Waals surface area contributed by atoms with E-state index in [4.69, 9.17) is 10.2 Å². The highest BCUT2D eigenvalue weighted by Crippen LogP contribution is 2.27. The number of nitrogens with zero attached hydrogens (tertiary/aromatic N) is 2. The Labute approximate surface area is 107 Å². The number of anilines is 1. The van der Waals surface area contributed by atoms with Crippen LogP contribution in [0.3, 0.4) is 0 Å². The van der Waals surface area contributed by atoms with E-state index in [1.807, 2.05) is 24.3 Å². The van der Waals surface area contributed by atoms with Gasteiger partial charge in [0.2, 0.25) is 0 Å². The summed E-state index contributed by atoms with van der Waals surface area (Å²) in [4.78, 5) is 6.81. The molecule has 2 heterocycles. The van der Waals surface area contributed by atoms with Crippen LogP contribution in [-0.2, 0) is 0 Å². The van der Waals surface area contributed by atoms with Gasteiger partial charge in [-0.3, -0.25) is 0 Å². The third kappa shape index (κ3) is 2.20. The van der Waals surface area contributed by atoms with Crippen LogP contribution in [0, 0.1) is 5.92 Å². The first-order chi connectivity index (χ1) is 8.86. The second kappa shape index (κ2) is 4.98. The molecule has 3 rings (SSSR count). The first-order valence-electron chi connectivity index (χ1n) is 6.67. The van der Waals surface area contributed by atoms with Gasteiger partial charge < -0.3 is 15.1 Å². The SMILES string of the molecule is NCC[C@@H]1CCCN(c2nc3ccccc3o2)C1. The first kappa shape index (κ1) is 11.5. The van der Waals surface area contributed by atoms with Crippen LogP contribution in [-0.4, -0.2) is 24.6 Å². The maximum absolute atomic E-state index is 5.82. The number of benzene rings is 1. The molecule has 1 aromatic carbocycles. The van der Waals surface area contributed by atoms with Gasteiger partial charge in [0.1, 0.15) is 5.52 Å². The molecule has 0 aliphatic carbocycles. The Balaban J connectivity index is 1.80. The van der Waals surface area contributed by atoms with Crippen molar-refractivity contribution in [3.8, 4) is 0 Å². The van der Waals surface area contributed by atoms with Gasteiger partial charge in [0.15, 0.2) is 5.58 Å². The molecular formula is C14H19N3O. The predicted molar refractivity (Wildman–Crippen MR) is 72.6 cm³/mol. The molecule has 1 fully saturated rings. The number of aromatic nitrogens is 1. The molecule has 1 aliphatic heterocycles. The smallest absolute Gasteiger partial charge is 0.298 e. The number of nitrogens with two attached hydrogens (primary N) is 1. The van der Waals surface area contributed by atoms with Gasteiger partial charge in [-0.25, -0.2) is 0 Å². The van der Waals surface area contributed by atoms with Crippen molar-refractivity contribution in [1.29, 1.82) is 0 Å². The average molecular weight is 245 g/mol. The van der Waals surface area contributed by atoms with Crippen molar-refractivity contribution in [3.63, 3.8) is 0 Å². The number of rotatable bonds is 3. The average Bonchev–Trinajstić information content (AvgIpc) is 2.83. The fourth-order valence-electron chi connectivity index (χ4n) is 2.71. The Morgan fingerprint density at radius 1 is 1.39 bits per heavy atom. The minimum absolute atomic E-state index is 0.679. The Morgan fingerprint density at radius 3 is 3.11 bits per heavy atom. The van der Waals surface area contributed by atoms with Gasteiger partial charge in [0, 0.05) is 13.1 Å². The van der Waals surface area contributed by atoms with Gasteiger partial charge in [0.25, 0.3) is 6.01 Å². The fraction of sp³-hybridized carbons (Fsp3) is 0.500. The van der Waals surface area contributed by atoms with Gasteiger partial charge in [0.05, 0.1) is 0 Å². The van der Waals surface area contributed by atoms with E-state index in [0.29, 0.717) is 5.92 Å². The molecule has 1 atom stereocenters. The molecule has 0 spiro atoms. The summed E-state index contributed by atoms with van der Waals surface area (Å²) in [6.07, 6.45) is 3.56. The number of oxazole rings is 1. The molecule has 18 heavy (non-hydrogen) atoms. The Hall–Kier alpha value is -1.55. The Kier molecular flexibility index (Phi) is 3.19. The molecule has 0 bridgehead atoms. The molecule has 96 valence electrons. The lowest BCUT2D eigenvalue weighted by atomic mass is 9.95. The monoisotopic (exact) mass is 245 g/mol. The number of piperidine rings is 1. The summed E-state index contributed by atoms with van der Waals surface area (Å²) in [5, 5.41) is 0. The van der Waals surface area contributed by atoms with Crippen molar-refractivity contribution in [2.24, 2.45) is 11.7 Å². The Morgan fingerprint density at radius 2 is 2.28 bits per heavy atom. The highest BCUT2D eigenvalue weighted by molar-refractivity contribution is 5.74. The lowest BCUT2D eigenvalue weighted by Gasteiger charge is -2.31. The number of hydrogen-bond donors (Lipinski definition) is 1. The van der Waals surface area contributed by atoms with Crippen LogP contribution >= 0.6 is 0 Å². The minimum Gasteiger partial charge on any atom is -0.423 e. The third-order valence-corrected chi connectivity index (χ3v) is 3.65. The highest BCUT2D eigenvalue weighted by atomic mass is 16.4. The summed E-state index contributed by atoms with van der Waals surface area (Å²) in [6.45, 7) is 2.82. The molecule has 1 aliphatic rings. The molecule has 4 nitrogen and oxygen atoms in total. The van der Waals surface area contributed by atoms with Crippen molar-refractivity contribution in [3.05, 3.63) is 24.3 Å². The van der Waals surface area contributed by atoms with Crippen LogP contribution in [0.2, 0.25) is 0 Å². The van der Waals surface area contributed by atoms with Gasteiger partial charge in [-0.05, 0) is 43.9 Å². The standard InChI is InChI=1S/C14H19N3O/c15-8-7-11-4-3-9-17(10-11)14-16-12-5-1-2-6-13(12)18-14/h1-2,5-6,11H,3-4,7-10,15H2/t11-/m0/s1. The fourth-order valence-corrected chi connectivity index (χ4v) is 2.71. The molecule has 1 aromatic heterocycles. The lowest BCUT2D eigenvalue weighted by molar-refractivity contribution is 0.380. The highest BCUT2D eigenvalue weighted by Gasteiger charge is 2.22. The predicted octanol–water partition coefficient (Wildman–Crippen LogP) is 2.39.